The molecule has 0 aliphatic rings. The number of alkyl halides is 3. The lowest BCUT2D eigenvalue weighted by Gasteiger charge is -2.13. The average molecular weight is 477 g/mol. The number of methoxy groups -OCH3 is 1. The summed E-state index contributed by atoms with van der Waals surface area (Å²) < 4.78 is 70.1. The highest BCUT2D eigenvalue weighted by molar-refractivity contribution is 9.10. The van der Waals surface area contributed by atoms with Gasteiger partial charge in [-0.1, -0.05) is 27.5 Å². The Morgan fingerprint density at radius 2 is 1.88 bits per heavy atom. The molecule has 0 spiro atoms. The van der Waals surface area contributed by atoms with E-state index in [1.807, 2.05) is 0 Å². The van der Waals surface area contributed by atoms with Crippen molar-refractivity contribution in [2.75, 3.05) is 11.8 Å². The topological polar surface area (TPSA) is 55.4 Å². The zero-order valence-electron chi connectivity index (χ0n) is 12.4. The van der Waals surface area contributed by atoms with Gasteiger partial charge in [-0.2, -0.15) is 13.2 Å². The number of sulfonamides is 1. The van der Waals surface area contributed by atoms with E-state index in [9.17, 15) is 21.6 Å². The van der Waals surface area contributed by atoms with Crippen LogP contribution in [0.3, 0.4) is 0 Å². The van der Waals surface area contributed by atoms with Gasteiger partial charge in [0.1, 0.15) is 10.6 Å². The Hall–Kier alpha value is -1.10. The maximum Gasteiger partial charge on any atom is 0.446 e. The summed E-state index contributed by atoms with van der Waals surface area (Å²) >= 11 is 8.60. The van der Waals surface area contributed by atoms with Crippen molar-refractivity contribution in [3.8, 4) is 5.75 Å². The van der Waals surface area contributed by atoms with Crippen molar-refractivity contribution in [2.24, 2.45) is 0 Å². The minimum atomic E-state index is -4.49. The van der Waals surface area contributed by atoms with E-state index in [0.717, 1.165) is 12.1 Å². The van der Waals surface area contributed by atoms with Crippen LogP contribution in [0, 0.1) is 0 Å². The molecule has 1 N–H and O–H groups in total. The van der Waals surface area contributed by atoms with E-state index in [1.54, 1.807) is 6.07 Å². The standard InChI is InChI=1S/C14H10BrClF3NO3S2/c1-23-11-4-2-8(15)6-13(11)25(21,22)20-9-3-5-12(10(16)7-9)24-14(17,18)19/h2-7,20H,1H3. The fourth-order valence-electron chi connectivity index (χ4n) is 1.84. The quantitative estimate of drug-likeness (QED) is 0.577. The lowest BCUT2D eigenvalue weighted by Crippen LogP contribution is -2.14. The van der Waals surface area contributed by atoms with Gasteiger partial charge in [0.15, 0.2) is 0 Å². The molecule has 0 heterocycles. The van der Waals surface area contributed by atoms with E-state index in [0.29, 0.717) is 4.47 Å². The van der Waals surface area contributed by atoms with Crippen LogP contribution in [0.2, 0.25) is 5.02 Å². The van der Waals surface area contributed by atoms with Gasteiger partial charge in [-0.25, -0.2) is 8.42 Å². The predicted octanol–water partition coefficient (Wildman–Crippen LogP) is 5.52. The summed E-state index contributed by atoms with van der Waals surface area (Å²) in [5, 5.41) is -0.219. The largest absolute Gasteiger partial charge is 0.495 e. The number of hydrogen-bond acceptors (Lipinski definition) is 4. The number of benzene rings is 2. The number of anilines is 1. The van der Waals surface area contributed by atoms with Gasteiger partial charge in [-0.15, -0.1) is 0 Å². The molecule has 0 atom stereocenters. The van der Waals surface area contributed by atoms with E-state index in [-0.39, 0.29) is 38.0 Å². The van der Waals surface area contributed by atoms with Gasteiger partial charge in [0.05, 0.1) is 17.8 Å². The molecular weight excluding hydrogens is 467 g/mol. The third kappa shape index (κ3) is 5.44. The van der Waals surface area contributed by atoms with E-state index in [1.165, 1.54) is 25.3 Å². The molecule has 0 saturated heterocycles. The first-order valence-electron chi connectivity index (χ1n) is 6.43. The maximum atomic E-state index is 12.5. The van der Waals surface area contributed by atoms with Gasteiger partial charge in [0.2, 0.25) is 0 Å². The van der Waals surface area contributed by atoms with Gasteiger partial charge in [-0.3, -0.25) is 4.72 Å². The highest BCUT2D eigenvalue weighted by atomic mass is 79.9. The monoisotopic (exact) mass is 475 g/mol. The molecule has 0 aromatic heterocycles. The van der Waals surface area contributed by atoms with Crippen LogP contribution >= 0.6 is 39.3 Å². The van der Waals surface area contributed by atoms with Crippen LogP contribution in [-0.4, -0.2) is 21.0 Å². The molecule has 0 fully saturated rings. The number of rotatable bonds is 5. The Labute approximate surface area is 159 Å². The van der Waals surface area contributed by atoms with Crippen LogP contribution in [0.5, 0.6) is 5.75 Å². The minimum absolute atomic E-state index is 0.0264. The zero-order chi connectivity index (χ0) is 18.8. The van der Waals surface area contributed by atoms with Gasteiger partial charge in [-0.05, 0) is 48.2 Å². The average Bonchev–Trinajstić information content (AvgIpc) is 2.48. The number of ether oxygens (including phenoxy) is 1. The van der Waals surface area contributed by atoms with E-state index < -0.39 is 15.5 Å². The summed E-state index contributed by atoms with van der Waals surface area (Å²) in [6.07, 6.45) is 0. The Morgan fingerprint density at radius 3 is 2.44 bits per heavy atom. The van der Waals surface area contributed by atoms with Crippen LogP contribution in [0.25, 0.3) is 0 Å². The molecule has 2 aromatic rings. The summed E-state index contributed by atoms with van der Waals surface area (Å²) in [6.45, 7) is 0. The van der Waals surface area contributed by atoms with Crippen molar-refractivity contribution >= 4 is 55.0 Å². The molecule has 0 amide bonds. The summed E-state index contributed by atoms with van der Waals surface area (Å²) in [4.78, 5) is -0.355. The van der Waals surface area contributed by atoms with Crippen molar-refractivity contribution < 1.29 is 26.3 Å². The molecule has 0 bridgehead atoms. The first-order valence-corrected chi connectivity index (χ1v) is 9.90. The van der Waals surface area contributed by atoms with Crippen molar-refractivity contribution in [3.05, 3.63) is 45.9 Å². The molecule has 0 saturated carbocycles. The van der Waals surface area contributed by atoms with Gasteiger partial charge < -0.3 is 4.74 Å². The van der Waals surface area contributed by atoms with Crippen molar-refractivity contribution in [2.45, 2.75) is 15.3 Å². The summed E-state index contributed by atoms with van der Waals surface area (Å²) in [5.41, 5.74) is -4.47. The molecule has 2 rings (SSSR count). The zero-order valence-corrected chi connectivity index (χ0v) is 16.4. The molecule has 4 nitrogen and oxygen atoms in total. The van der Waals surface area contributed by atoms with Crippen molar-refractivity contribution in [3.63, 3.8) is 0 Å². The molecule has 136 valence electrons. The van der Waals surface area contributed by atoms with Gasteiger partial charge in [0, 0.05) is 9.37 Å². The highest BCUT2D eigenvalue weighted by Gasteiger charge is 2.30. The summed E-state index contributed by atoms with van der Waals surface area (Å²) in [6, 6.07) is 7.82. The smallest absolute Gasteiger partial charge is 0.446 e. The third-order valence-electron chi connectivity index (χ3n) is 2.82. The van der Waals surface area contributed by atoms with E-state index >= 15 is 0 Å². The number of thioether (sulfide) groups is 1. The molecule has 2 aromatic carbocycles. The van der Waals surface area contributed by atoms with Crippen LogP contribution in [0.1, 0.15) is 0 Å². The number of hydrogen-bond donors (Lipinski definition) is 1. The van der Waals surface area contributed by atoms with Crippen LogP contribution < -0.4 is 9.46 Å². The van der Waals surface area contributed by atoms with Gasteiger partial charge >= 0.3 is 5.51 Å². The molecule has 11 heteroatoms. The lowest BCUT2D eigenvalue weighted by atomic mass is 10.3. The van der Waals surface area contributed by atoms with Crippen molar-refractivity contribution in [1.82, 2.24) is 0 Å². The highest BCUT2D eigenvalue weighted by Crippen LogP contribution is 2.41. The SMILES string of the molecule is COc1ccc(Br)cc1S(=O)(=O)Nc1ccc(SC(F)(F)F)c(Cl)c1. The molecular formula is C14H10BrClF3NO3S2. The second-order valence-corrected chi connectivity index (χ2v) is 8.67. The first-order chi connectivity index (χ1) is 11.5. The second-order valence-electron chi connectivity index (χ2n) is 4.59. The number of halogens is 5. The Bertz CT molecular complexity index is 891. The fourth-order valence-corrected chi connectivity index (χ4v) is 4.44. The Kier molecular flexibility index (Phi) is 6.18. The lowest BCUT2D eigenvalue weighted by molar-refractivity contribution is -0.0328. The van der Waals surface area contributed by atoms with Crippen LogP contribution in [0.4, 0.5) is 18.9 Å². The second kappa shape index (κ2) is 7.65. The third-order valence-corrected chi connectivity index (χ3v) is 5.95. The summed E-state index contributed by atoms with van der Waals surface area (Å²) in [5.74, 6) is 0.117. The van der Waals surface area contributed by atoms with Crippen molar-refractivity contribution in [1.29, 1.82) is 0 Å². The molecule has 0 unspecified atom stereocenters. The van der Waals surface area contributed by atoms with E-state index in [4.69, 9.17) is 16.3 Å². The number of nitrogens with one attached hydrogen (secondary N) is 1. The first kappa shape index (κ1) is 20.2. The molecule has 0 aliphatic heterocycles. The van der Waals surface area contributed by atoms with Gasteiger partial charge in [0.25, 0.3) is 10.0 Å². The maximum absolute atomic E-state index is 12.5. The van der Waals surface area contributed by atoms with Crippen LogP contribution in [0.15, 0.2) is 50.7 Å². The normalized spacial score (nSPS) is 12.1. The molecule has 25 heavy (non-hydrogen) atoms. The molecule has 0 aliphatic carbocycles. The summed E-state index contributed by atoms with van der Waals surface area (Å²) in [7, 11) is -2.71. The fraction of sp³-hybridized carbons (Fsp3) is 0.143. The Morgan fingerprint density at radius 1 is 1.20 bits per heavy atom. The van der Waals surface area contributed by atoms with E-state index in [2.05, 4.69) is 20.7 Å². The minimum Gasteiger partial charge on any atom is -0.495 e. The predicted molar refractivity (Wildman–Crippen MR) is 94.9 cm³/mol. The van der Waals surface area contributed by atoms with Crippen LogP contribution in [-0.2, 0) is 10.0 Å². The Balaban J connectivity index is 2.33. The molecule has 0 radical (unpaired) electrons.